The van der Waals surface area contributed by atoms with Crippen LogP contribution in [0.15, 0.2) is 15.7 Å². The lowest BCUT2D eigenvalue weighted by Gasteiger charge is -2.21. The van der Waals surface area contributed by atoms with Crippen LogP contribution < -0.4 is 15.8 Å². The summed E-state index contributed by atoms with van der Waals surface area (Å²) in [6.45, 7) is 4.97. The Morgan fingerprint density at radius 2 is 1.87 bits per heavy atom. The Morgan fingerprint density at radius 1 is 1.20 bits per heavy atom. The third-order valence-electron chi connectivity index (χ3n) is 2.71. The summed E-state index contributed by atoms with van der Waals surface area (Å²) in [5.74, 6) is 0. The maximum Gasteiger partial charge on any atom is 0.249 e. The molecule has 0 spiro atoms. The second-order valence-corrected chi connectivity index (χ2v) is 3.89. The van der Waals surface area contributed by atoms with Gasteiger partial charge in [-0.05, 0) is 26.6 Å². The monoisotopic (exact) mass is 210 g/mol. The molecule has 4 nitrogen and oxygen atoms in total. The van der Waals surface area contributed by atoms with Crippen LogP contribution >= 0.6 is 0 Å². The van der Waals surface area contributed by atoms with Crippen LogP contribution in [0.25, 0.3) is 0 Å². The van der Waals surface area contributed by atoms with Gasteiger partial charge in [0.05, 0.1) is 5.69 Å². The van der Waals surface area contributed by atoms with E-state index in [-0.39, 0.29) is 10.9 Å². The molecule has 0 radical (unpaired) electrons. The van der Waals surface area contributed by atoms with E-state index in [1.54, 1.807) is 0 Å². The van der Waals surface area contributed by atoms with Gasteiger partial charge in [-0.25, -0.2) is 0 Å². The van der Waals surface area contributed by atoms with E-state index in [4.69, 9.17) is 0 Å². The van der Waals surface area contributed by atoms with E-state index in [0.717, 1.165) is 26.1 Å². The average Bonchev–Trinajstić information content (AvgIpc) is 2.24. The lowest BCUT2D eigenvalue weighted by atomic mass is 10.2. The first-order valence-corrected chi connectivity index (χ1v) is 5.26. The number of nitrogens with zero attached hydrogens (tertiary/aromatic N) is 2. The highest BCUT2D eigenvalue weighted by Gasteiger charge is 2.13. The van der Waals surface area contributed by atoms with Crippen LogP contribution in [-0.4, -0.2) is 38.6 Å². The molecule has 4 heteroatoms. The van der Waals surface area contributed by atoms with Crippen molar-refractivity contribution in [2.75, 3.05) is 38.6 Å². The molecule has 0 aliphatic heterocycles. The highest BCUT2D eigenvalue weighted by Crippen LogP contribution is 2.04. The highest BCUT2D eigenvalue weighted by atomic mass is 16.2. The Labute approximate surface area is 89.8 Å². The van der Waals surface area contributed by atoms with Gasteiger partial charge in [0.15, 0.2) is 0 Å². The van der Waals surface area contributed by atoms with Gasteiger partial charge >= 0.3 is 0 Å². The van der Waals surface area contributed by atoms with E-state index in [9.17, 15) is 9.59 Å². The minimum atomic E-state index is -0.373. The molecule has 1 rings (SSSR count). The van der Waals surface area contributed by atoms with Crippen molar-refractivity contribution in [1.29, 1.82) is 0 Å². The Balaban J connectivity index is 2.32. The predicted molar refractivity (Wildman–Crippen MR) is 62.4 cm³/mol. The summed E-state index contributed by atoms with van der Waals surface area (Å²) in [4.78, 5) is 25.9. The van der Waals surface area contributed by atoms with Gasteiger partial charge in [0.2, 0.25) is 10.9 Å². The molecular weight excluding hydrogens is 192 g/mol. The van der Waals surface area contributed by atoms with Crippen molar-refractivity contribution in [3.63, 3.8) is 0 Å². The Kier molecular flexibility index (Phi) is 4.03. The zero-order valence-corrected chi connectivity index (χ0v) is 9.62. The summed E-state index contributed by atoms with van der Waals surface area (Å²) in [7, 11) is 3.92. The van der Waals surface area contributed by atoms with Crippen molar-refractivity contribution >= 4 is 5.69 Å². The van der Waals surface area contributed by atoms with Crippen molar-refractivity contribution in [2.24, 2.45) is 0 Å². The predicted octanol–water partition coefficient (Wildman–Crippen LogP) is 0.0606. The van der Waals surface area contributed by atoms with Gasteiger partial charge in [-0.2, -0.15) is 0 Å². The molecule has 0 N–H and O–H groups in total. The highest BCUT2D eigenvalue weighted by molar-refractivity contribution is 5.49. The minimum Gasteiger partial charge on any atom is -0.371 e. The van der Waals surface area contributed by atoms with Crippen LogP contribution in [0.5, 0.6) is 0 Å². The van der Waals surface area contributed by atoms with E-state index in [1.807, 2.05) is 11.9 Å². The minimum absolute atomic E-state index is 0.346. The third kappa shape index (κ3) is 2.89. The van der Waals surface area contributed by atoms with E-state index in [1.165, 1.54) is 6.07 Å². The summed E-state index contributed by atoms with van der Waals surface area (Å²) < 4.78 is 0. The summed E-state index contributed by atoms with van der Waals surface area (Å²) in [6.07, 6.45) is 1.000. The van der Waals surface area contributed by atoms with Crippen LogP contribution in [0.2, 0.25) is 0 Å². The van der Waals surface area contributed by atoms with E-state index in [0.29, 0.717) is 5.69 Å². The molecule has 0 aliphatic carbocycles. The number of hydrogen-bond acceptors (Lipinski definition) is 4. The fourth-order valence-corrected chi connectivity index (χ4v) is 1.44. The van der Waals surface area contributed by atoms with Crippen molar-refractivity contribution in [1.82, 2.24) is 4.90 Å². The number of anilines is 1. The van der Waals surface area contributed by atoms with Crippen LogP contribution in [-0.2, 0) is 0 Å². The first-order chi connectivity index (χ1) is 7.06. The largest absolute Gasteiger partial charge is 0.371 e. The lowest BCUT2D eigenvalue weighted by molar-refractivity contribution is 0.349. The Morgan fingerprint density at radius 3 is 2.33 bits per heavy atom. The average molecular weight is 210 g/mol. The van der Waals surface area contributed by atoms with Gasteiger partial charge in [0, 0.05) is 19.7 Å². The Bertz CT molecular complexity index is 380. The molecule has 0 atom stereocenters. The van der Waals surface area contributed by atoms with Gasteiger partial charge in [0.1, 0.15) is 0 Å². The molecule has 0 heterocycles. The summed E-state index contributed by atoms with van der Waals surface area (Å²) in [5.41, 5.74) is -0.164. The van der Waals surface area contributed by atoms with Crippen molar-refractivity contribution in [3.05, 3.63) is 26.5 Å². The summed E-state index contributed by atoms with van der Waals surface area (Å²) in [5, 5.41) is 0. The molecule has 0 saturated carbocycles. The first-order valence-electron chi connectivity index (χ1n) is 5.26. The standard InChI is InChI=1S/C11H18N2O2/c1-4-12(2)6-5-7-13(3)9-8-10(14)11(9)15/h8H,4-7H2,1-3H3. The van der Waals surface area contributed by atoms with Gasteiger partial charge in [-0.15, -0.1) is 0 Å². The number of rotatable bonds is 6. The SMILES string of the molecule is CCN(C)CCCN(C)c1cc(=O)c1=O. The first kappa shape index (κ1) is 11.9. The van der Waals surface area contributed by atoms with E-state index in [2.05, 4.69) is 18.9 Å². The van der Waals surface area contributed by atoms with E-state index >= 15 is 0 Å². The quantitative estimate of drug-likeness (QED) is 0.623. The second kappa shape index (κ2) is 5.07. The van der Waals surface area contributed by atoms with Crippen LogP contribution in [0, 0.1) is 0 Å². The normalized spacial score (nSPS) is 11.2. The van der Waals surface area contributed by atoms with Crippen LogP contribution in [0.1, 0.15) is 13.3 Å². The van der Waals surface area contributed by atoms with Gasteiger partial charge in [0.25, 0.3) is 0 Å². The number of hydrogen-bond donors (Lipinski definition) is 0. The van der Waals surface area contributed by atoms with Crippen molar-refractivity contribution in [3.8, 4) is 0 Å². The van der Waals surface area contributed by atoms with Crippen LogP contribution in [0.3, 0.4) is 0 Å². The van der Waals surface area contributed by atoms with Gasteiger partial charge in [-0.3, -0.25) is 9.59 Å². The van der Waals surface area contributed by atoms with Crippen molar-refractivity contribution in [2.45, 2.75) is 13.3 Å². The maximum absolute atomic E-state index is 11.1. The van der Waals surface area contributed by atoms with Gasteiger partial charge in [-0.1, -0.05) is 6.92 Å². The fourth-order valence-electron chi connectivity index (χ4n) is 1.44. The van der Waals surface area contributed by atoms with Crippen molar-refractivity contribution < 1.29 is 0 Å². The second-order valence-electron chi connectivity index (χ2n) is 3.89. The fraction of sp³-hybridized carbons (Fsp3) is 0.636. The molecule has 1 aromatic carbocycles. The smallest absolute Gasteiger partial charge is 0.249 e. The zero-order valence-electron chi connectivity index (χ0n) is 9.62. The van der Waals surface area contributed by atoms with Gasteiger partial charge < -0.3 is 9.80 Å². The third-order valence-corrected chi connectivity index (χ3v) is 2.71. The molecule has 0 bridgehead atoms. The summed E-state index contributed by atoms with van der Waals surface area (Å²) in [6, 6.07) is 1.41. The molecule has 0 saturated heterocycles. The molecule has 0 aromatic heterocycles. The molecule has 0 aliphatic rings. The molecule has 1 aromatic rings. The molecular formula is C11H18N2O2. The van der Waals surface area contributed by atoms with Crippen LogP contribution in [0.4, 0.5) is 5.69 Å². The molecule has 0 amide bonds. The molecule has 0 unspecified atom stereocenters. The Hall–Kier alpha value is -1.16. The van der Waals surface area contributed by atoms with E-state index < -0.39 is 0 Å². The maximum atomic E-state index is 11.1. The molecule has 84 valence electrons. The topological polar surface area (TPSA) is 40.6 Å². The molecule has 15 heavy (non-hydrogen) atoms. The zero-order chi connectivity index (χ0) is 11.4. The lowest BCUT2D eigenvalue weighted by Crippen LogP contribution is -2.38. The summed E-state index contributed by atoms with van der Waals surface area (Å²) >= 11 is 0. The molecule has 0 fully saturated rings.